The van der Waals surface area contributed by atoms with E-state index in [0.717, 1.165) is 11.6 Å². The molecule has 1 fully saturated rings. The van der Waals surface area contributed by atoms with Crippen molar-refractivity contribution in [1.82, 2.24) is 10.2 Å². The number of amides is 1. The third kappa shape index (κ3) is 4.48. The fourth-order valence-corrected chi connectivity index (χ4v) is 3.16. The van der Waals surface area contributed by atoms with E-state index in [4.69, 9.17) is 11.6 Å². The van der Waals surface area contributed by atoms with Gasteiger partial charge < -0.3 is 10.2 Å². The van der Waals surface area contributed by atoms with Crippen molar-refractivity contribution >= 4 is 29.9 Å². The summed E-state index contributed by atoms with van der Waals surface area (Å²) in [5.41, 5.74) is 0.992. The molecule has 0 aromatic heterocycles. The van der Waals surface area contributed by atoms with Crippen LogP contribution in [-0.2, 0) is 11.2 Å². The van der Waals surface area contributed by atoms with Crippen LogP contribution in [0.25, 0.3) is 0 Å². The molecule has 1 N–H and O–H groups in total. The summed E-state index contributed by atoms with van der Waals surface area (Å²) in [6.07, 6.45) is -0.166. The molecule has 0 saturated carbocycles. The van der Waals surface area contributed by atoms with Crippen molar-refractivity contribution in [1.29, 1.82) is 0 Å². The lowest BCUT2D eigenvalue weighted by molar-refractivity contribution is -0.133. The van der Waals surface area contributed by atoms with Gasteiger partial charge in [0.25, 0.3) is 0 Å². The summed E-state index contributed by atoms with van der Waals surface area (Å²) < 4.78 is 27.2. The molecule has 25 heavy (non-hydrogen) atoms. The topological polar surface area (TPSA) is 32.3 Å². The van der Waals surface area contributed by atoms with Crippen molar-refractivity contribution in [3.05, 3.63) is 70.2 Å². The van der Waals surface area contributed by atoms with Gasteiger partial charge in [-0.1, -0.05) is 35.9 Å². The Morgan fingerprint density at radius 2 is 2.00 bits per heavy atom. The van der Waals surface area contributed by atoms with Gasteiger partial charge in [-0.25, -0.2) is 8.78 Å². The van der Waals surface area contributed by atoms with Crippen molar-refractivity contribution in [3.63, 3.8) is 0 Å². The van der Waals surface area contributed by atoms with Gasteiger partial charge in [-0.2, -0.15) is 0 Å². The summed E-state index contributed by atoms with van der Waals surface area (Å²) in [6, 6.07) is 11.1. The number of piperazine rings is 1. The molecule has 1 unspecified atom stereocenters. The SMILES string of the molecule is Cl.O=C(Cc1cccc(F)c1F)N1CCNCC1c1cccc(Cl)c1. The lowest BCUT2D eigenvalue weighted by atomic mass is 10.0. The zero-order chi connectivity index (χ0) is 17.1. The first-order valence-corrected chi connectivity index (χ1v) is 8.12. The number of carbonyl (C=O) groups is 1. The standard InChI is InChI=1S/C18H17ClF2N2O.ClH/c19-14-5-1-3-12(9-14)16-11-22-7-8-23(16)17(24)10-13-4-2-6-15(20)18(13)21;/h1-6,9,16,22H,7-8,10-11H2;1H. The fourth-order valence-electron chi connectivity index (χ4n) is 2.96. The van der Waals surface area contributed by atoms with Crippen LogP contribution in [0.1, 0.15) is 17.2 Å². The second-order valence-corrected chi connectivity index (χ2v) is 6.19. The minimum Gasteiger partial charge on any atom is -0.333 e. The van der Waals surface area contributed by atoms with Crippen molar-refractivity contribution < 1.29 is 13.6 Å². The van der Waals surface area contributed by atoms with E-state index in [1.807, 2.05) is 18.2 Å². The lowest BCUT2D eigenvalue weighted by Gasteiger charge is -2.36. The van der Waals surface area contributed by atoms with E-state index in [-0.39, 0.29) is 36.3 Å². The summed E-state index contributed by atoms with van der Waals surface area (Å²) in [7, 11) is 0. The number of hydrogen-bond donors (Lipinski definition) is 1. The number of benzene rings is 2. The van der Waals surface area contributed by atoms with Gasteiger partial charge in [-0.3, -0.25) is 4.79 Å². The number of nitrogens with one attached hydrogen (secondary N) is 1. The molecular weight excluding hydrogens is 369 g/mol. The number of nitrogens with zero attached hydrogens (tertiary/aromatic N) is 1. The number of carbonyl (C=O) groups excluding carboxylic acids is 1. The van der Waals surface area contributed by atoms with Gasteiger partial charge in [-0.05, 0) is 23.8 Å². The molecule has 0 radical (unpaired) electrons. The van der Waals surface area contributed by atoms with Crippen LogP contribution in [0.3, 0.4) is 0 Å². The van der Waals surface area contributed by atoms with Crippen LogP contribution in [0.5, 0.6) is 0 Å². The van der Waals surface area contributed by atoms with Crippen molar-refractivity contribution in [3.8, 4) is 0 Å². The molecule has 0 aliphatic carbocycles. The predicted molar refractivity (Wildman–Crippen MR) is 96.1 cm³/mol. The first kappa shape index (κ1) is 19.6. The maximum absolute atomic E-state index is 13.8. The predicted octanol–water partition coefficient (Wildman–Crippen LogP) is 3.76. The van der Waals surface area contributed by atoms with Crippen LogP contribution >= 0.6 is 24.0 Å². The molecule has 7 heteroatoms. The Labute approximate surface area is 156 Å². The molecule has 2 aromatic carbocycles. The van der Waals surface area contributed by atoms with Crippen molar-refractivity contribution in [2.45, 2.75) is 12.5 Å². The minimum absolute atomic E-state index is 0. The Bertz CT molecular complexity index is 758. The smallest absolute Gasteiger partial charge is 0.227 e. The van der Waals surface area contributed by atoms with Gasteiger partial charge >= 0.3 is 0 Å². The maximum Gasteiger partial charge on any atom is 0.227 e. The summed E-state index contributed by atoms with van der Waals surface area (Å²) in [5, 5.41) is 3.85. The third-order valence-electron chi connectivity index (χ3n) is 4.17. The molecular formula is C18H18Cl2F2N2O. The fraction of sp³-hybridized carbons (Fsp3) is 0.278. The summed E-state index contributed by atoms with van der Waals surface area (Å²) in [4.78, 5) is 14.4. The van der Waals surface area contributed by atoms with Gasteiger partial charge in [-0.15, -0.1) is 12.4 Å². The van der Waals surface area contributed by atoms with Crippen LogP contribution in [0.2, 0.25) is 5.02 Å². The van der Waals surface area contributed by atoms with Crippen molar-refractivity contribution in [2.75, 3.05) is 19.6 Å². The normalized spacial score (nSPS) is 17.1. The molecule has 0 spiro atoms. The van der Waals surface area contributed by atoms with Crippen LogP contribution in [0.4, 0.5) is 8.78 Å². The average Bonchev–Trinajstić information content (AvgIpc) is 2.59. The van der Waals surface area contributed by atoms with E-state index in [0.29, 0.717) is 24.7 Å². The molecule has 134 valence electrons. The molecule has 3 rings (SSSR count). The first-order chi connectivity index (χ1) is 11.6. The van der Waals surface area contributed by atoms with Gasteiger partial charge in [0.1, 0.15) is 0 Å². The lowest BCUT2D eigenvalue weighted by Crippen LogP contribution is -2.49. The maximum atomic E-state index is 13.8. The number of halogens is 4. The molecule has 2 aromatic rings. The molecule has 3 nitrogen and oxygen atoms in total. The summed E-state index contributed by atoms with van der Waals surface area (Å²) in [5.74, 6) is -2.13. The molecule has 0 bridgehead atoms. The van der Waals surface area contributed by atoms with Crippen molar-refractivity contribution in [2.24, 2.45) is 0 Å². The van der Waals surface area contributed by atoms with E-state index in [9.17, 15) is 13.6 Å². The highest BCUT2D eigenvalue weighted by Gasteiger charge is 2.28. The first-order valence-electron chi connectivity index (χ1n) is 7.75. The zero-order valence-corrected chi connectivity index (χ0v) is 14.9. The van der Waals surface area contributed by atoms with Gasteiger partial charge in [0.15, 0.2) is 11.6 Å². The van der Waals surface area contributed by atoms with Crippen LogP contribution in [0, 0.1) is 11.6 Å². The van der Waals surface area contributed by atoms with Gasteiger partial charge in [0.2, 0.25) is 5.91 Å². The monoisotopic (exact) mass is 386 g/mol. The van der Waals surface area contributed by atoms with E-state index in [1.54, 1.807) is 11.0 Å². The average molecular weight is 387 g/mol. The quantitative estimate of drug-likeness (QED) is 0.870. The second-order valence-electron chi connectivity index (χ2n) is 5.75. The summed E-state index contributed by atoms with van der Waals surface area (Å²) in [6.45, 7) is 1.76. The summed E-state index contributed by atoms with van der Waals surface area (Å²) >= 11 is 6.04. The highest BCUT2D eigenvalue weighted by molar-refractivity contribution is 6.30. The Morgan fingerprint density at radius 3 is 2.76 bits per heavy atom. The molecule has 1 saturated heterocycles. The molecule has 1 aliphatic heterocycles. The van der Waals surface area contributed by atoms with Gasteiger partial charge in [0, 0.05) is 30.2 Å². The van der Waals surface area contributed by atoms with Crippen LogP contribution < -0.4 is 5.32 Å². The van der Waals surface area contributed by atoms with E-state index < -0.39 is 11.6 Å². The highest BCUT2D eigenvalue weighted by Crippen LogP contribution is 2.25. The minimum atomic E-state index is -0.958. The molecule has 1 aliphatic rings. The Hall–Kier alpha value is -1.69. The second kappa shape index (κ2) is 8.61. The van der Waals surface area contributed by atoms with Crippen LogP contribution in [0.15, 0.2) is 42.5 Å². The van der Waals surface area contributed by atoms with E-state index in [1.165, 1.54) is 12.1 Å². The zero-order valence-electron chi connectivity index (χ0n) is 13.3. The van der Waals surface area contributed by atoms with E-state index in [2.05, 4.69) is 5.32 Å². The largest absolute Gasteiger partial charge is 0.333 e. The Morgan fingerprint density at radius 1 is 1.24 bits per heavy atom. The Kier molecular flexibility index (Phi) is 6.76. The highest BCUT2D eigenvalue weighted by atomic mass is 35.5. The molecule has 1 amide bonds. The molecule has 1 heterocycles. The number of hydrogen-bond acceptors (Lipinski definition) is 2. The Balaban J connectivity index is 0.00000225. The van der Waals surface area contributed by atoms with Gasteiger partial charge in [0.05, 0.1) is 12.5 Å². The number of rotatable bonds is 3. The molecule has 1 atom stereocenters. The third-order valence-corrected chi connectivity index (χ3v) is 4.41. The van der Waals surface area contributed by atoms with E-state index >= 15 is 0 Å². The van der Waals surface area contributed by atoms with Crippen LogP contribution in [-0.4, -0.2) is 30.4 Å².